The average molecular weight is 266 g/mol. The zero-order valence-electron chi connectivity index (χ0n) is 11.5. The quantitative estimate of drug-likeness (QED) is 0.497. The molecular weight excluding hydrogens is 244 g/mol. The summed E-state index contributed by atoms with van der Waals surface area (Å²) in [4.78, 5) is 10.9. The number of carboxylic acid groups (broad SMARTS) is 1. The summed E-state index contributed by atoms with van der Waals surface area (Å²) in [7, 11) is 0. The zero-order chi connectivity index (χ0) is 14.3. The Morgan fingerprint density at radius 3 is 2.79 bits per heavy atom. The number of hydrogen-bond donors (Lipinski definition) is 3. The van der Waals surface area contributed by atoms with Crippen LogP contribution in [0.2, 0.25) is 0 Å². The molecule has 106 valence electrons. The fraction of sp³-hybridized carbons (Fsp3) is 0.500. The third-order valence-electron chi connectivity index (χ3n) is 2.74. The molecule has 0 aliphatic carbocycles. The zero-order valence-corrected chi connectivity index (χ0v) is 11.5. The van der Waals surface area contributed by atoms with Gasteiger partial charge in [0.05, 0.1) is 23.5 Å². The lowest BCUT2D eigenvalue weighted by Crippen LogP contribution is -2.13. The lowest BCUT2D eigenvalue weighted by Gasteiger charge is -2.11. The van der Waals surface area contributed by atoms with E-state index in [1.807, 2.05) is 0 Å². The van der Waals surface area contributed by atoms with Gasteiger partial charge in [-0.25, -0.2) is 4.79 Å². The summed E-state index contributed by atoms with van der Waals surface area (Å²) in [5.74, 6) is -0.384. The minimum absolute atomic E-state index is 0.116. The molecule has 0 saturated carbocycles. The number of ether oxygens (including phenoxy) is 1. The van der Waals surface area contributed by atoms with Crippen LogP contribution in [0.1, 0.15) is 30.6 Å². The maximum absolute atomic E-state index is 10.9. The van der Waals surface area contributed by atoms with Gasteiger partial charge in [-0.15, -0.1) is 0 Å². The Hall–Kier alpha value is -1.75. The number of aromatic carboxylic acids is 1. The van der Waals surface area contributed by atoms with Crippen LogP contribution in [0.5, 0.6) is 0 Å². The van der Waals surface area contributed by atoms with Crippen molar-refractivity contribution in [3.63, 3.8) is 0 Å². The standard InChI is InChI=1S/C14H22N2O3/c1-10(2)6-8-19-9-7-16-12-5-3-4-11(13(12)15)14(17)18/h3-5,10,16H,6-9,15H2,1-2H3,(H,17,18). The third-order valence-corrected chi connectivity index (χ3v) is 2.74. The second-order valence-corrected chi connectivity index (χ2v) is 4.79. The van der Waals surface area contributed by atoms with Gasteiger partial charge in [0, 0.05) is 13.2 Å². The molecule has 0 aliphatic rings. The number of rotatable bonds is 8. The molecule has 5 heteroatoms. The summed E-state index contributed by atoms with van der Waals surface area (Å²) in [5.41, 5.74) is 6.79. The molecule has 0 amide bonds. The molecule has 0 saturated heterocycles. The minimum atomic E-state index is -1.02. The van der Waals surface area contributed by atoms with E-state index in [2.05, 4.69) is 19.2 Å². The number of nitrogen functional groups attached to an aromatic ring is 1. The number of anilines is 2. The molecule has 0 aromatic heterocycles. The largest absolute Gasteiger partial charge is 0.478 e. The van der Waals surface area contributed by atoms with Crippen LogP contribution in [0.4, 0.5) is 11.4 Å². The highest BCUT2D eigenvalue weighted by Crippen LogP contribution is 2.22. The average Bonchev–Trinajstić information content (AvgIpc) is 2.34. The number of nitrogens with two attached hydrogens (primary N) is 1. The van der Waals surface area contributed by atoms with Crippen LogP contribution in [-0.4, -0.2) is 30.8 Å². The van der Waals surface area contributed by atoms with Crippen LogP contribution in [0, 0.1) is 5.92 Å². The van der Waals surface area contributed by atoms with Gasteiger partial charge in [-0.2, -0.15) is 0 Å². The number of carboxylic acids is 1. The van der Waals surface area contributed by atoms with E-state index in [0.29, 0.717) is 24.8 Å². The van der Waals surface area contributed by atoms with E-state index in [1.54, 1.807) is 12.1 Å². The van der Waals surface area contributed by atoms with Gasteiger partial charge < -0.3 is 20.9 Å². The summed E-state index contributed by atoms with van der Waals surface area (Å²) >= 11 is 0. The normalized spacial score (nSPS) is 10.7. The van der Waals surface area contributed by atoms with Gasteiger partial charge in [0.15, 0.2) is 0 Å². The van der Waals surface area contributed by atoms with Gasteiger partial charge >= 0.3 is 5.97 Å². The summed E-state index contributed by atoms with van der Waals surface area (Å²) in [5, 5.41) is 12.0. The summed E-state index contributed by atoms with van der Waals surface area (Å²) in [6.07, 6.45) is 1.04. The first kappa shape index (κ1) is 15.3. The van der Waals surface area contributed by atoms with Gasteiger partial charge in [-0.3, -0.25) is 0 Å². The Morgan fingerprint density at radius 2 is 2.16 bits per heavy atom. The molecule has 0 bridgehead atoms. The van der Waals surface area contributed by atoms with Crippen molar-refractivity contribution in [1.29, 1.82) is 0 Å². The van der Waals surface area contributed by atoms with Crippen LogP contribution in [0.15, 0.2) is 18.2 Å². The molecule has 0 fully saturated rings. The SMILES string of the molecule is CC(C)CCOCCNc1cccc(C(=O)O)c1N. The monoisotopic (exact) mass is 266 g/mol. The van der Waals surface area contributed by atoms with Crippen molar-refractivity contribution < 1.29 is 14.6 Å². The molecule has 1 aromatic carbocycles. The molecule has 0 unspecified atom stereocenters. The van der Waals surface area contributed by atoms with E-state index in [4.69, 9.17) is 15.6 Å². The molecule has 1 rings (SSSR count). The minimum Gasteiger partial charge on any atom is -0.478 e. The molecule has 0 radical (unpaired) electrons. The van der Waals surface area contributed by atoms with E-state index in [-0.39, 0.29) is 11.3 Å². The van der Waals surface area contributed by atoms with Gasteiger partial charge in [0.1, 0.15) is 0 Å². The molecule has 0 aliphatic heterocycles. The molecule has 0 atom stereocenters. The lowest BCUT2D eigenvalue weighted by molar-refractivity contribution is 0.0698. The van der Waals surface area contributed by atoms with Crippen LogP contribution in [0.3, 0.4) is 0 Å². The summed E-state index contributed by atoms with van der Waals surface area (Å²) in [6, 6.07) is 4.92. The van der Waals surface area contributed by atoms with Gasteiger partial charge in [-0.05, 0) is 24.5 Å². The van der Waals surface area contributed by atoms with Crippen molar-refractivity contribution in [3.05, 3.63) is 23.8 Å². The van der Waals surface area contributed by atoms with Crippen LogP contribution < -0.4 is 11.1 Å². The van der Waals surface area contributed by atoms with Crippen molar-refractivity contribution in [2.24, 2.45) is 5.92 Å². The van der Waals surface area contributed by atoms with Crippen LogP contribution in [0.25, 0.3) is 0 Å². The second-order valence-electron chi connectivity index (χ2n) is 4.79. The lowest BCUT2D eigenvalue weighted by atomic mass is 10.1. The fourth-order valence-corrected chi connectivity index (χ4v) is 1.58. The van der Waals surface area contributed by atoms with Gasteiger partial charge in [0.25, 0.3) is 0 Å². The molecular formula is C14H22N2O3. The second kappa shape index (κ2) is 7.63. The Balaban J connectivity index is 2.37. The highest BCUT2D eigenvalue weighted by atomic mass is 16.5. The number of nitrogens with one attached hydrogen (secondary N) is 1. The molecule has 0 heterocycles. The molecule has 19 heavy (non-hydrogen) atoms. The molecule has 0 spiro atoms. The van der Waals surface area contributed by atoms with Crippen molar-refractivity contribution in [2.75, 3.05) is 30.8 Å². The smallest absolute Gasteiger partial charge is 0.337 e. The Bertz CT molecular complexity index is 419. The van der Waals surface area contributed by atoms with E-state index in [9.17, 15) is 4.79 Å². The first-order valence-electron chi connectivity index (χ1n) is 6.45. The molecule has 4 N–H and O–H groups in total. The number of benzene rings is 1. The van der Waals surface area contributed by atoms with Crippen molar-refractivity contribution >= 4 is 17.3 Å². The first-order valence-corrected chi connectivity index (χ1v) is 6.45. The van der Waals surface area contributed by atoms with Crippen LogP contribution >= 0.6 is 0 Å². The van der Waals surface area contributed by atoms with Crippen molar-refractivity contribution in [1.82, 2.24) is 0 Å². The van der Waals surface area contributed by atoms with E-state index < -0.39 is 5.97 Å². The Labute approximate surface area is 113 Å². The van der Waals surface area contributed by atoms with Crippen molar-refractivity contribution in [3.8, 4) is 0 Å². The topological polar surface area (TPSA) is 84.6 Å². The first-order chi connectivity index (χ1) is 9.02. The summed E-state index contributed by atoms with van der Waals surface area (Å²) in [6.45, 7) is 6.22. The molecule has 5 nitrogen and oxygen atoms in total. The number of hydrogen-bond acceptors (Lipinski definition) is 4. The highest BCUT2D eigenvalue weighted by molar-refractivity contribution is 5.97. The third kappa shape index (κ3) is 5.18. The van der Waals surface area contributed by atoms with Crippen molar-refractivity contribution in [2.45, 2.75) is 20.3 Å². The summed E-state index contributed by atoms with van der Waals surface area (Å²) < 4.78 is 5.46. The van der Waals surface area contributed by atoms with Crippen LogP contribution in [-0.2, 0) is 4.74 Å². The van der Waals surface area contributed by atoms with E-state index >= 15 is 0 Å². The Kier molecular flexibility index (Phi) is 6.15. The maximum Gasteiger partial charge on any atom is 0.337 e. The number of carbonyl (C=O) groups is 1. The maximum atomic E-state index is 10.9. The Morgan fingerprint density at radius 1 is 1.42 bits per heavy atom. The number of para-hydroxylation sites is 1. The van der Waals surface area contributed by atoms with E-state index in [1.165, 1.54) is 6.07 Å². The predicted octanol–water partition coefficient (Wildman–Crippen LogP) is 2.44. The van der Waals surface area contributed by atoms with E-state index in [0.717, 1.165) is 13.0 Å². The highest BCUT2D eigenvalue weighted by Gasteiger charge is 2.10. The molecule has 1 aromatic rings. The van der Waals surface area contributed by atoms with Gasteiger partial charge in [-0.1, -0.05) is 19.9 Å². The fourth-order valence-electron chi connectivity index (χ4n) is 1.58. The van der Waals surface area contributed by atoms with Gasteiger partial charge in [0.2, 0.25) is 0 Å². The predicted molar refractivity (Wildman–Crippen MR) is 76.6 cm³/mol.